The second-order valence-corrected chi connectivity index (χ2v) is 7.36. The highest BCUT2D eigenvalue weighted by Crippen LogP contribution is 2.33. The molecular formula is C20H19Cl2N5. The zero-order valence-electron chi connectivity index (χ0n) is 14.6. The summed E-state index contributed by atoms with van der Waals surface area (Å²) in [4.78, 5) is 13.4. The molecule has 3 aromatic rings. The molecule has 0 unspecified atom stereocenters. The molecular weight excluding hydrogens is 381 g/mol. The molecule has 2 aromatic heterocycles. The summed E-state index contributed by atoms with van der Waals surface area (Å²) in [5.41, 5.74) is 2.40. The predicted octanol–water partition coefficient (Wildman–Crippen LogP) is 5.94. The van der Waals surface area contributed by atoms with Crippen LogP contribution in [0.25, 0.3) is 11.3 Å². The Hall–Kier alpha value is -2.37. The lowest BCUT2D eigenvalue weighted by Crippen LogP contribution is -2.17. The Morgan fingerprint density at radius 3 is 2.33 bits per heavy atom. The van der Waals surface area contributed by atoms with Gasteiger partial charge >= 0.3 is 0 Å². The average molecular weight is 400 g/mol. The van der Waals surface area contributed by atoms with Crippen molar-refractivity contribution >= 4 is 40.7 Å². The van der Waals surface area contributed by atoms with E-state index in [9.17, 15) is 0 Å². The number of aromatic nitrogens is 3. The Morgan fingerprint density at radius 2 is 1.63 bits per heavy atom. The van der Waals surface area contributed by atoms with Crippen molar-refractivity contribution in [2.75, 3.05) is 10.6 Å². The first-order valence-electron chi connectivity index (χ1n) is 8.96. The van der Waals surface area contributed by atoms with Gasteiger partial charge in [-0.15, -0.1) is 0 Å². The quantitative estimate of drug-likeness (QED) is 0.555. The van der Waals surface area contributed by atoms with Gasteiger partial charge in [0.2, 0.25) is 5.95 Å². The summed E-state index contributed by atoms with van der Waals surface area (Å²) >= 11 is 12.6. The summed E-state index contributed by atoms with van der Waals surface area (Å²) in [6, 6.07) is 11.5. The largest absolute Gasteiger partial charge is 0.351 e. The van der Waals surface area contributed by atoms with Crippen molar-refractivity contribution in [3.8, 4) is 11.3 Å². The Morgan fingerprint density at radius 1 is 0.926 bits per heavy atom. The van der Waals surface area contributed by atoms with Crippen molar-refractivity contribution in [2.45, 2.75) is 31.7 Å². The molecule has 0 radical (unpaired) electrons. The van der Waals surface area contributed by atoms with Crippen LogP contribution in [0.4, 0.5) is 17.5 Å². The van der Waals surface area contributed by atoms with Gasteiger partial charge in [0.25, 0.3) is 0 Å². The molecule has 0 spiro atoms. The van der Waals surface area contributed by atoms with Crippen LogP contribution in [0.1, 0.15) is 25.7 Å². The lowest BCUT2D eigenvalue weighted by Gasteiger charge is -2.16. The highest BCUT2D eigenvalue weighted by molar-refractivity contribution is 6.39. The highest BCUT2D eigenvalue weighted by Gasteiger charge is 2.17. The maximum Gasteiger partial charge on any atom is 0.225 e. The Balaban J connectivity index is 1.71. The molecule has 0 bridgehead atoms. The third kappa shape index (κ3) is 4.31. The van der Waals surface area contributed by atoms with Crippen molar-refractivity contribution < 1.29 is 0 Å². The van der Waals surface area contributed by atoms with Crippen LogP contribution in [0.2, 0.25) is 10.0 Å². The van der Waals surface area contributed by atoms with Crippen LogP contribution in [0, 0.1) is 0 Å². The summed E-state index contributed by atoms with van der Waals surface area (Å²) < 4.78 is 0. The first-order valence-corrected chi connectivity index (χ1v) is 9.72. The van der Waals surface area contributed by atoms with Crippen LogP contribution < -0.4 is 10.6 Å². The van der Waals surface area contributed by atoms with E-state index in [4.69, 9.17) is 28.2 Å². The molecule has 0 amide bonds. The fourth-order valence-corrected chi connectivity index (χ4v) is 3.74. The summed E-state index contributed by atoms with van der Waals surface area (Å²) in [6.45, 7) is 0. The summed E-state index contributed by atoms with van der Waals surface area (Å²) in [5, 5.41) is 7.79. The number of rotatable bonds is 5. The van der Waals surface area contributed by atoms with Crippen LogP contribution >= 0.6 is 23.2 Å². The van der Waals surface area contributed by atoms with Gasteiger partial charge in [-0.25, -0.2) is 4.98 Å². The molecule has 0 saturated heterocycles. The lowest BCUT2D eigenvalue weighted by atomic mass is 10.2. The minimum atomic E-state index is 0.412. The predicted molar refractivity (Wildman–Crippen MR) is 111 cm³/mol. The van der Waals surface area contributed by atoms with E-state index in [1.54, 1.807) is 24.5 Å². The number of hydrogen-bond acceptors (Lipinski definition) is 5. The van der Waals surface area contributed by atoms with Crippen molar-refractivity contribution in [3.05, 3.63) is 58.8 Å². The molecule has 1 aromatic carbocycles. The third-order valence-corrected chi connectivity index (χ3v) is 5.24. The number of nitrogens with zero attached hydrogens (tertiary/aromatic N) is 3. The number of pyridine rings is 1. The van der Waals surface area contributed by atoms with Gasteiger partial charge < -0.3 is 10.6 Å². The van der Waals surface area contributed by atoms with Gasteiger partial charge in [0, 0.05) is 30.1 Å². The second kappa shape index (κ2) is 8.11. The highest BCUT2D eigenvalue weighted by atomic mass is 35.5. The van der Waals surface area contributed by atoms with Gasteiger partial charge in [-0.05, 0) is 37.1 Å². The summed E-state index contributed by atoms with van der Waals surface area (Å²) in [7, 11) is 0. The maximum absolute atomic E-state index is 6.30. The van der Waals surface area contributed by atoms with E-state index >= 15 is 0 Å². The van der Waals surface area contributed by atoms with Crippen LogP contribution in [-0.4, -0.2) is 21.0 Å². The van der Waals surface area contributed by atoms with Gasteiger partial charge in [0.1, 0.15) is 5.82 Å². The molecule has 1 fully saturated rings. The normalized spacial score (nSPS) is 14.3. The summed E-state index contributed by atoms with van der Waals surface area (Å²) in [6.07, 6.45) is 8.26. The van der Waals surface area contributed by atoms with Gasteiger partial charge in [-0.1, -0.05) is 42.1 Å². The lowest BCUT2D eigenvalue weighted by molar-refractivity contribution is 0.744. The fourth-order valence-electron chi connectivity index (χ4n) is 3.24. The number of anilines is 3. The standard InChI is InChI=1S/C20H19Cl2N5/c21-15-6-3-7-16(22)19(15)26-18-12-17(13-8-10-23-11-9-13)25-20(27-18)24-14-4-1-2-5-14/h3,6-12,14H,1-2,4-5H2,(H2,24,25,26,27). The Kier molecular flexibility index (Phi) is 5.41. The Bertz CT molecular complexity index is 907. The van der Waals surface area contributed by atoms with Gasteiger partial charge in [0.15, 0.2) is 0 Å². The number of nitrogens with one attached hydrogen (secondary N) is 2. The van der Waals surface area contributed by atoms with Crippen molar-refractivity contribution in [3.63, 3.8) is 0 Å². The van der Waals surface area contributed by atoms with Gasteiger partial charge in [0.05, 0.1) is 21.4 Å². The minimum Gasteiger partial charge on any atom is -0.351 e. The van der Waals surface area contributed by atoms with Crippen molar-refractivity contribution in [2.24, 2.45) is 0 Å². The van der Waals surface area contributed by atoms with Crippen LogP contribution in [0.3, 0.4) is 0 Å². The number of hydrogen-bond donors (Lipinski definition) is 2. The fraction of sp³-hybridized carbons (Fsp3) is 0.250. The molecule has 2 heterocycles. The average Bonchev–Trinajstić information content (AvgIpc) is 3.18. The van der Waals surface area contributed by atoms with E-state index in [-0.39, 0.29) is 0 Å². The zero-order chi connectivity index (χ0) is 18.6. The van der Waals surface area contributed by atoms with Crippen LogP contribution in [-0.2, 0) is 0 Å². The molecule has 138 valence electrons. The van der Waals surface area contributed by atoms with E-state index in [2.05, 4.69) is 20.6 Å². The monoisotopic (exact) mass is 399 g/mol. The molecule has 0 aliphatic heterocycles. The summed E-state index contributed by atoms with van der Waals surface area (Å²) in [5.74, 6) is 1.23. The maximum atomic E-state index is 6.30. The third-order valence-electron chi connectivity index (χ3n) is 4.61. The SMILES string of the molecule is Clc1cccc(Cl)c1Nc1cc(-c2ccncc2)nc(NC2CCCC2)n1. The van der Waals surface area contributed by atoms with E-state index < -0.39 is 0 Å². The van der Waals surface area contributed by atoms with Crippen molar-refractivity contribution in [1.29, 1.82) is 0 Å². The number of benzene rings is 1. The van der Waals surface area contributed by atoms with E-state index in [1.807, 2.05) is 24.3 Å². The van der Waals surface area contributed by atoms with Gasteiger partial charge in [-0.2, -0.15) is 4.98 Å². The van der Waals surface area contributed by atoms with Crippen LogP contribution in [0.5, 0.6) is 0 Å². The Labute approximate surface area is 168 Å². The zero-order valence-corrected chi connectivity index (χ0v) is 16.1. The molecule has 27 heavy (non-hydrogen) atoms. The second-order valence-electron chi connectivity index (χ2n) is 6.55. The molecule has 2 N–H and O–H groups in total. The number of halogens is 2. The molecule has 4 rings (SSSR count). The van der Waals surface area contributed by atoms with Gasteiger partial charge in [-0.3, -0.25) is 4.98 Å². The van der Waals surface area contributed by atoms with Crippen LogP contribution in [0.15, 0.2) is 48.8 Å². The van der Waals surface area contributed by atoms with E-state index in [0.29, 0.717) is 33.5 Å². The topological polar surface area (TPSA) is 62.7 Å². The molecule has 0 atom stereocenters. The molecule has 1 aliphatic rings. The van der Waals surface area contributed by atoms with E-state index in [0.717, 1.165) is 24.1 Å². The first kappa shape index (κ1) is 18.0. The first-order chi connectivity index (χ1) is 13.2. The van der Waals surface area contributed by atoms with E-state index in [1.165, 1.54) is 12.8 Å². The minimum absolute atomic E-state index is 0.412. The number of para-hydroxylation sites is 1. The molecule has 7 heteroatoms. The molecule has 1 aliphatic carbocycles. The smallest absolute Gasteiger partial charge is 0.225 e. The van der Waals surface area contributed by atoms with Crippen molar-refractivity contribution in [1.82, 2.24) is 15.0 Å². The molecule has 1 saturated carbocycles. The molecule has 5 nitrogen and oxygen atoms in total.